The summed E-state index contributed by atoms with van der Waals surface area (Å²) in [6.07, 6.45) is 1.67. The standard InChI is InChI=1S/C19H19ClN2O3/c20-15-6-3-5-14(13-15)10-11-21-18(23)9-4-12-22-16-7-1-2-8-17(16)25-19(22)24/h1-3,5-8,13H,4,9-12H2,(H,21,23). The molecule has 0 saturated carbocycles. The summed E-state index contributed by atoms with van der Waals surface area (Å²) >= 11 is 5.94. The molecule has 1 N–H and O–H groups in total. The molecule has 25 heavy (non-hydrogen) atoms. The number of rotatable bonds is 7. The van der Waals surface area contributed by atoms with E-state index in [1.165, 1.54) is 0 Å². The summed E-state index contributed by atoms with van der Waals surface area (Å²) in [6, 6.07) is 14.9. The second-order valence-electron chi connectivity index (χ2n) is 5.82. The highest BCUT2D eigenvalue weighted by atomic mass is 35.5. The second-order valence-corrected chi connectivity index (χ2v) is 6.26. The molecule has 5 nitrogen and oxygen atoms in total. The quantitative estimate of drug-likeness (QED) is 0.704. The lowest BCUT2D eigenvalue weighted by Crippen LogP contribution is -2.26. The molecule has 0 fully saturated rings. The fourth-order valence-corrected chi connectivity index (χ4v) is 2.96. The molecule has 1 heterocycles. The van der Waals surface area contributed by atoms with Crippen LogP contribution in [0.5, 0.6) is 0 Å². The van der Waals surface area contributed by atoms with Gasteiger partial charge in [-0.2, -0.15) is 0 Å². The fourth-order valence-electron chi connectivity index (χ4n) is 2.75. The van der Waals surface area contributed by atoms with Crippen molar-refractivity contribution in [3.8, 4) is 0 Å². The third kappa shape index (κ3) is 4.51. The number of amides is 1. The van der Waals surface area contributed by atoms with Crippen LogP contribution in [-0.2, 0) is 17.8 Å². The average Bonchev–Trinajstić information content (AvgIpc) is 2.91. The molecule has 3 aromatic rings. The van der Waals surface area contributed by atoms with E-state index in [1.807, 2.05) is 42.5 Å². The first kappa shape index (κ1) is 17.3. The highest BCUT2D eigenvalue weighted by Crippen LogP contribution is 2.12. The van der Waals surface area contributed by atoms with Crippen molar-refractivity contribution in [2.45, 2.75) is 25.8 Å². The van der Waals surface area contributed by atoms with Gasteiger partial charge in [-0.25, -0.2) is 4.79 Å². The minimum Gasteiger partial charge on any atom is -0.408 e. The lowest BCUT2D eigenvalue weighted by atomic mass is 10.1. The van der Waals surface area contributed by atoms with Crippen LogP contribution >= 0.6 is 11.6 Å². The molecule has 1 amide bonds. The summed E-state index contributed by atoms with van der Waals surface area (Å²) in [5, 5.41) is 3.59. The van der Waals surface area contributed by atoms with E-state index in [0.29, 0.717) is 36.5 Å². The van der Waals surface area contributed by atoms with Crippen molar-refractivity contribution in [3.63, 3.8) is 0 Å². The van der Waals surface area contributed by atoms with E-state index < -0.39 is 0 Å². The van der Waals surface area contributed by atoms with Crippen molar-refractivity contribution >= 4 is 28.6 Å². The van der Waals surface area contributed by atoms with Crippen LogP contribution in [0.1, 0.15) is 18.4 Å². The van der Waals surface area contributed by atoms with Gasteiger partial charge >= 0.3 is 5.76 Å². The highest BCUT2D eigenvalue weighted by Gasteiger charge is 2.09. The molecule has 2 aromatic carbocycles. The molecule has 3 rings (SSSR count). The Hall–Kier alpha value is -2.53. The summed E-state index contributed by atoms with van der Waals surface area (Å²) in [7, 11) is 0. The van der Waals surface area contributed by atoms with Crippen molar-refractivity contribution in [1.29, 1.82) is 0 Å². The van der Waals surface area contributed by atoms with Crippen LogP contribution < -0.4 is 11.1 Å². The average molecular weight is 359 g/mol. The van der Waals surface area contributed by atoms with Gasteiger partial charge in [0.2, 0.25) is 5.91 Å². The predicted octanol–water partition coefficient (Wildman–Crippen LogP) is 3.39. The number of aromatic nitrogens is 1. The van der Waals surface area contributed by atoms with E-state index in [4.69, 9.17) is 16.0 Å². The number of aryl methyl sites for hydroxylation is 1. The Morgan fingerprint density at radius 1 is 1.16 bits per heavy atom. The van der Waals surface area contributed by atoms with E-state index in [-0.39, 0.29) is 11.7 Å². The molecule has 0 aliphatic rings. The maximum atomic E-state index is 11.9. The minimum atomic E-state index is -0.387. The molecule has 0 unspecified atom stereocenters. The maximum absolute atomic E-state index is 11.9. The number of hydrogen-bond acceptors (Lipinski definition) is 3. The van der Waals surface area contributed by atoms with Crippen LogP contribution in [0.3, 0.4) is 0 Å². The first-order valence-electron chi connectivity index (χ1n) is 8.23. The Labute approximate surface area is 150 Å². The zero-order valence-corrected chi connectivity index (χ0v) is 14.5. The molecular formula is C19H19ClN2O3. The molecule has 0 bridgehead atoms. The molecule has 0 spiro atoms. The summed E-state index contributed by atoms with van der Waals surface area (Å²) in [4.78, 5) is 23.8. The Balaban J connectivity index is 1.45. The Bertz CT molecular complexity index is 930. The van der Waals surface area contributed by atoms with Gasteiger partial charge in [0.05, 0.1) is 5.52 Å². The molecule has 0 saturated heterocycles. The Kier molecular flexibility index (Phi) is 5.56. The van der Waals surface area contributed by atoms with E-state index in [9.17, 15) is 9.59 Å². The summed E-state index contributed by atoms with van der Waals surface area (Å²) in [5.41, 5.74) is 2.41. The second kappa shape index (κ2) is 8.03. The largest absolute Gasteiger partial charge is 0.419 e. The topological polar surface area (TPSA) is 64.2 Å². The summed E-state index contributed by atoms with van der Waals surface area (Å²) < 4.78 is 6.74. The van der Waals surface area contributed by atoms with E-state index >= 15 is 0 Å². The summed E-state index contributed by atoms with van der Waals surface area (Å²) in [5.74, 6) is -0.412. The zero-order valence-electron chi connectivity index (χ0n) is 13.7. The fraction of sp³-hybridized carbons (Fsp3) is 0.263. The molecule has 130 valence electrons. The van der Waals surface area contributed by atoms with Crippen LogP contribution in [0.25, 0.3) is 11.1 Å². The first-order valence-corrected chi connectivity index (χ1v) is 8.61. The number of oxazole rings is 1. The number of nitrogens with one attached hydrogen (secondary N) is 1. The van der Waals surface area contributed by atoms with Gasteiger partial charge in [-0.3, -0.25) is 9.36 Å². The third-order valence-corrected chi connectivity index (χ3v) is 4.22. The zero-order chi connectivity index (χ0) is 17.6. The lowest BCUT2D eigenvalue weighted by Gasteiger charge is -2.06. The van der Waals surface area contributed by atoms with Crippen LogP contribution in [0.4, 0.5) is 0 Å². The molecule has 0 radical (unpaired) electrons. The van der Waals surface area contributed by atoms with Crippen LogP contribution in [0.2, 0.25) is 5.02 Å². The first-order chi connectivity index (χ1) is 12.1. The lowest BCUT2D eigenvalue weighted by molar-refractivity contribution is -0.121. The smallest absolute Gasteiger partial charge is 0.408 e. The van der Waals surface area contributed by atoms with Crippen molar-refractivity contribution < 1.29 is 9.21 Å². The van der Waals surface area contributed by atoms with E-state index in [2.05, 4.69) is 5.32 Å². The van der Waals surface area contributed by atoms with Crippen molar-refractivity contribution in [2.24, 2.45) is 0 Å². The van der Waals surface area contributed by atoms with E-state index in [0.717, 1.165) is 17.5 Å². The number of benzene rings is 2. The van der Waals surface area contributed by atoms with Gasteiger partial charge in [0.25, 0.3) is 0 Å². The normalized spacial score (nSPS) is 10.9. The van der Waals surface area contributed by atoms with Gasteiger partial charge in [-0.1, -0.05) is 35.9 Å². The molecule has 0 aliphatic heterocycles. The van der Waals surface area contributed by atoms with Gasteiger partial charge in [0, 0.05) is 24.5 Å². The van der Waals surface area contributed by atoms with Gasteiger partial charge < -0.3 is 9.73 Å². The number of carbonyl (C=O) groups excluding carboxylic acids is 1. The predicted molar refractivity (Wildman–Crippen MR) is 97.9 cm³/mol. The minimum absolute atomic E-state index is 0.0251. The SMILES string of the molecule is O=C(CCCn1c(=O)oc2ccccc21)NCCc1cccc(Cl)c1. The van der Waals surface area contributed by atoms with E-state index in [1.54, 1.807) is 10.6 Å². The van der Waals surface area contributed by atoms with Crippen molar-refractivity contribution in [2.75, 3.05) is 6.54 Å². The third-order valence-electron chi connectivity index (χ3n) is 3.98. The number of hydrogen-bond donors (Lipinski definition) is 1. The van der Waals surface area contributed by atoms with Gasteiger partial charge in [0.15, 0.2) is 5.58 Å². The Morgan fingerprint density at radius 3 is 2.84 bits per heavy atom. The van der Waals surface area contributed by atoms with Gasteiger partial charge in [-0.05, 0) is 42.7 Å². The van der Waals surface area contributed by atoms with Crippen molar-refractivity contribution in [1.82, 2.24) is 9.88 Å². The van der Waals surface area contributed by atoms with Crippen LogP contribution in [0.15, 0.2) is 57.7 Å². The van der Waals surface area contributed by atoms with Crippen molar-refractivity contribution in [3.05, 3.63) is 69.7 Å². The molecule has 1 aromatic heterocycles. The monoisotopic (exact) mass is 358 g/mol. The Morgan fingerprint density at radius 2 is 2.00 bits per heavy atom. The molecular weight excluding hydrogens is 340 g/mol. The number of carbonyl (C=O) groups is 1. The number of para-hydroxylation sites is 2. The highest BCUT2D eigenvalue weighted by molar-refractivity contribution is 6.30. The number of fused-ring (bicyclic) bond motifs is 1. The van der Waals surface area contributed by atoms with Crippen LogP contribution in [-0.4, -0.2) is 17.0 Å². The summed E-state index contributed by atoms with van der Waals surface area (Å²) in [6.45, 7) is 1.02. The van der Waals surface area contributed by atoms with Gasteiger partial charge in [-0.15, -0.1) is 0 Å². The molecule has 0 aliphatic carbocycles. The number of nitrogens with zero attached hydrogens (tertiary/aromatic N) is 1. The molecule has 6 heteroatoms. The maximum Gasteiger partial charge on any atom is 0.419 e. The van der Waals surface area contributed by atoms with Gasteiger partial charge in [0.1, 0.15) is 0 Å². The molecule has 0 atom stereocenters. The number of halogens is 1. The van der Waals surface area contributed by atoms with Crippen LogP contribution in [0, 0.1) is 0 Å².